The predicted octanol–water partition coefficient (Wildman–Crippen LogP) is 2.41. The first kappa shape index (κ1) is 20.2. The number of aliphatic carboxylic acids is 1. The number of carboxylic acid groups (broad SMARTS) is 1. The van der Waals surface area contributed by atoms with Crippen molar-refractivity contribution in [2.24, 2.45) is 0 Å². The Morgan fingerprint density at radius 3 is 2.07 bits per heavy atom. The fourth-order valence-corrected chi connectivity index (χ4v) is 2.82. The maximum atomic E-state index is 12.5. The first-order valence-corrected chi connectivity index (χ1v) is 8.70. The van der Waals surface area contributed by atoms with E-state index in [4.69, 9.17) is 0 Å². The summed E-state index contributed by atoms with van der Waals surface area (Å²) in [5.74, 6) is -1.59. The van der Waals surface area contributed by atoms with Crippen molar-refractivity contribution in [3.05, 3.63) is 71.8 Å². The Bertz CT molecular complexity index is 792. The van der Waals surface area contributed by atoms with Gasteiger partial charge >= 0.3 is 5.97 Å². The second kappa shape index (κ2) is 8.98. The number of carboxylic acids is 1. The lowest BCUT2D eigenvalue weighted by atomic mass is 9.82. The SMILES string of the molecule is CC(=O)NC(CC(=O)NCC(C)(C(=O)O)c1ccccc1)c1ccccc1. The Kier molecular flexibility index (Phi) is 6.71. The van der Waals surface area contributed by atoms with Gasteiger partial charge in [-0.25, -0.2) is 0 Å². The number of hydrogen-bond acceptors (Lipinski definition) is 3. The Balaban J connectivity index is 2.08. The van der Waals surface area contributed by atoms with E-state index in [1.165, 1.54) is 6.92 Å². The maximum Gasteiger partial charge on any atom is 0.315 e. The highest BCUT2D eigenvalue weighted by Gasteiger charge is 2.35. The Morgan fingerprint density at radius 1 is 1.00 bits per heavy atom. The van der Waals surface area contributed by atoms with E-state index in [1.807, 2.05) is 36.4 Å². The van der Waals surface area contributed by atoms with Gasteiger partial charge in [-0.2, -0.15) is 0 Å². The topological polar surface area (TPSA) is 95.5 Å². The summed E-state index contributed by atoms with van der Waals surface area (Å²) in [4.78, 5) is 35.7. The van der Waals surface area contributed by atoms with Gasteiger partial charge in [-0.05, 0) is 18.1 Å². The van der Waals surface area contributed by atoms with E-state index in [1.54, 1.807) is 31.2 Å². The van der Waals surface area contributed by atoms with Crippen LogP contribution in [0.1, 0.15) is 37.4 Å². The fraction of sp³-hybridized carbons (Fsp3) is 0.286. The first-order chi connectivity index (χ1) is 12.8. The van der Waals surface area contributed by atoms with Crippen LogP contribution >= 0.6 is 0 Å². The third-order valence-corrected chi connectivity index (χ3v) is 4.49. The lowest BCUT2D eigenvalue weighted by Crippen LogP contribution is -2.45. The second-order valence-electron chi connectivity index (χ2n) is 6.65. The summed E-state index contributed by atoms with van der Waals surface area (Å²) in [6.07, 6.45) is 0.0219. The monoisotopic (exact) mass is 368 g/mol. The smallest absolute Gasteiger partial charge is 0.315 e. The molecule has 0 spiro atoms. The number of amides is 2. The second-order valence-corrected chi connectivity index (χ2v) is 6.65. The molecule has 0 aliphatic carbocycles. The van der Waals surface area contributed by atoms with Crippen LogP contribution in [-0.2, 0) is 19.8 Å². The fourth-order valence-electron chi connectivity index (χ4n) is 2.82. The minimum absolute atomic E-state index is 0.0219. The molecule has 27 heavy (non-hydrogen) atoms. The minimum Gasteiger partial charge on any atom is -0.481 e. The quantitative estimate of drug-likeness (QED) is 0.667. The number of carbonyl (C=O) groups excluding carboxylic acids is 2. The van der Waals surface area contributed by atoms with Gasteiger partial charge in [0.1, 0.15) is 5.41 Å². The zero-order chi connectivity index (χ0) is 19.9. The van der Waals surface area contributed by atoms with Crippen LogP contribution in [0.2, 0.25) is 0 Å². The van der Waals surface area contributed by atoms with E-state index in [0.717, 1.165) is 5.56 Å². The van der Waals surface area contributed by atoms with Gasteiger partial charge < -0.3 is 15.7 Å². The molecule has 0 heterocycles. The van der Waals surface area contributed by atoms with E-state index < -0.39 is 17.4 Å². The molecule has 2 rings (SSSR count). The summed E-state index contributed by atoms with van der Waals surface area (Å²) in [7, 11) is 0. The standard InChI is InChI=1S/C21H24N2O4/c1-15(24)23-18(16-9-5-3-6-10-16)13-19(25)22-14-21(2,20(26)27)17-11-7-4-8-12-17/h3-12,18H,13-14H2,1-2H3,(H,22,25)(H,23,24)(H,26,27). The molecule has 0 bridgehead atoms. The summed E-state index contributed by atoms with van der Waals surface area (Å²) in [5.41, 5.74) is 0.179. The largest absolute Gasteiger partial charge is 0.481 e. The van der Waals surface area contributed by atoms with Crippen LogP contribution in [0.4, 0.5) is 0 Å². The van der Waals surface area contributed by atoms with Gasteiger partial charge in [-0.3, -0.25) is 14.4 Å². The number of hydrogen-bond donors (Lipinski definition) is 3. The molecule has 0 aliphatic heterocycles. The van der Waals surface area contributed by atoms with E-state index in [-0.39, 0.29) is 24.8 Å². The van der Waals surface area contributed by atoms with E-state index >= 15 is 0 Å². The van der Waals surface area contributed by atoms with Crippen LogP contribution in [0.3, 0.4) is 0 Å². The number of nitrogens with one attached hydrogen (secondary N) is 2. The molecule has 0 radical (unpaired) electrons. The third-order valence-electron chi connectivity index (χ3n) is 4.49. The van der Waals surface area contributed by atoms with Crippen molar-refractivity contribution in [2.75, 3.05) is 6.54 Å². The van der Waals surface area contributed by atoms with Gasteiger partial charge in [0.25, 0.3) is 0 Å². The Morgan fingerprint density at radius 2 is 1.56 bits per heavy atom. The summed E-state index contributed by atoms with van der Waals surface area (Å²) in [6, 6.07) is 17.5. The Labute approximate surface area is 158 Å². The van der Waals surface area contributed by atoms with Crippen LogP contribution in [-0.4, -0.2) is 29.4 Å². The van der Waals surface area contributed by atoms with Gasteiger partial charge in [0.2, 0.25) is 11.8 Å². The average Bonchev–Trinajstić information content (AvgIpc) is 2.66. The molecule has 0 saturated carbocycles. The van der Waals surface area contributed by atoms with Gasteiger partial charge in [0.05, 0.1) is 12.5 Å². The highest BCUT2D eigenvalue weighted by molar-refractivity contribution is 5.83. The van der Waals surface area contributed by atoms with Crippen molar-refractivity contribution in [1.29, 1.82) is 0 Å². The molecule has 2 atom stereocenters. The van der Waals surface area contributed by atoms with Crippen molar-refractivity contribution in [3.8, 4) is 0 Å². The molecular formula is C21H24N2O4. The molecule has 2 aromatic carbocycles. The summed E-state index contributed by atoms with van der Waals surface area (Å²) < 4.78 is 0. The van der Waals surface area contributed by atoms with Crippen LogP contribution in [0.5, 0.6) is 0 Å². The molecule has 142 valence electrons. The molecule has 0 aliphatic rings. The molecule has 6 heteroatoms. The minimum atomic E-state index is -1.24. The molecule has 0 fully saturated rings. The molecule has 0 aromatic heterocycles. The lowest BCUT2D eigenvalue weighted by molar-refractivity contribution is -0.143. The maximum absolute atomic E-state index is 12.5. The van der Waals surface area contributed by atoms with Gasteiger partial charge in [0, 0.05) is 13.5 Å². The van der Waals surface area contributed by atoms with Crippen LogP contribution < -0.4 is 10.6 Å². The Hall–Kier alpha value is -3.15. The first-order valence-electron chi connectivity index (χ1n) is 8.70. The van der Waals surface area contributed by atoms with Crippen molar-refractivity contribution >= 4 is 17.8 Å². The average molecular weight is 368 g/mol. The molecular weight excluding hydrogens is 344 g/mol. The number of rotatable bonds is 8. The molecule has 6 nitrogen and oxygen atoms in total. The predicted molar refractivity (Wildman–Crippen MR) is 102 cm³/mol. The molecule has 0 saturated heterocycles. The van der Waals surface area contributed by atoms with Crippen LogP contribution in [0.25, 0.3) is 0 Å². The molecule has 2 amide bonds. The van der Waals surface area contributed by atoms with Crippen molar-refractivity contribution in [2.45, 2.75) is 31.7 Å². The highest BCUT2D eigenvalue weighted by atomic mass is 16.4. The van der Waals surface area contributed by atoms with Crippen molar-refractivity contribution in [3.63, 3.8) is 0 Å². The van der Waals surface area contributed by atoms with Gasteiger partial charge in [0.15, 0.2) is 0 Å². The van der Waals surface area contributed by atoms with Gasteiger partial charge in [-0.1, -0.05) is 60.7 Å². The van der Waals surface area contributed by atoms with E-state index in [2.05, 4.69) is 10.6 Å². The van der Waals surface area contributed by atoms with E-state index in [9.17, 15) is 19.5 Å². The highest BCUT2D eigenvalue weighted by Crippen LogP contribution is 2.24. The zero-order valence-corrected chi connectivity index (χ0v) is 15.4. The normalized spacial score (nSPS) is 13.9. The number of carbonyl (C=O) groups is 3. The summed E-state index contributed by atoms with van der Waals surface area (Å²) in [6.45, 7) is 2.92. The molecule has 2 aromatic rings. The van der Waals surface area contributed by atoms with E-state index in [0.29, 0.717) is 5.56 Å². The number of benzene rings is 2. The van der Waals surface area contributed by atoms with Gasteiger partial charge in [-0.15, -0.1) is 0 Å². The van der Waals surface area contributed by atoms with Crippen LogP contribution in [0.15, 0.2) is 60.7 Å². The molecule has 3 N–H and O–H groups in total. The zero-order valence-electron chi connectivity index (χ0n) is 15.4. The van der Waals surface area contributed by atoms with Crippen LogP contribution in [0, 0.1) is 0 Å². The summed E-state index contributed by atoms with van der Waals surface area (Å²) >= 11 is 0. The lowest BCUT2D eigenvalue weighted by Gasteiger charge is -2.26. The summed E-state index contributed by atoms with van der Waals surface area (Å²) in [5, 5.41) is 15.1. The molecule has 2 unspecified atom stereocenters. The third kappa shape index (κ3) is 5.41. The van der Waals surface area contributed by atoms with Crippen molar-refractivity contribution in [1.82, 2.24) is 10.6 Å². The van der Waals surface area contributed by atoms with Crippen molar-refractivity contribution < 1.29 is 19.5 Å².